The van der Waals surface area contributed by atoms with Gasteiger partial charge in [0.1, 0.15) is 5.75 Å². The van der Waals surface area contributed by atoms with Gasteiger partial charge in [-0.2, -0.15) is 8.78 Å². The summed E-state index contributed by atoms with van der Waals surface area (Å²) >= 11 is 0. The lowest BCUT2D eigenvalue weighted by Crippen LogP contribution is -2.30. The third-order valence-corrected chi connectivity index (χ3v) is 5.05. The highest BCUT2D eigenvalue weighted by molar-refractivity contribution is 5.97. The van der Waals surface area contributed by atoms with E-state index >= 15 is 0 Å². The first kappa shape index (κ1) is 22.3. The normalized spacial score (nSPS) is 15.8. The molecule has 0 aromatic heterocycles. The Hall–Kier alpha value is -3.36. The van der Waals surface area contributed by atoms with Crippen LogP contribution in [0.2, 0.25) is 0 Å². The summed E-state index contributed by atoms with van der Waals surface area (Å²) in [6, 6.07) is 11.2. The van der Waals surface area contributed by atoms with E-state index in [0.29, 0.717) is 36.7 Å². The molecule has 1 fully saturated rings. The average molecular weight is 434 g/mol. The van der Waals surface area contributed by atoms with Gasteiger partial charge in [0, 0.05) is 25.2 Å². The second kappa shape index (κ2) is 10.1. The number of methoxy groups -OCH3 is 2. The largest absolute Gasteiger partial charge is 0.493 e. The minimum atomic E-state index is -2.91. The number of nitrogens with one attached hydrogen (secondary N) is 1. The highest BCUT2D eigenvalue weighted by atomic mass is 19.3. The Morgan fingerprint density at radius 1 is 1.13 bits per heavy atom. The molecule has 3 rings (SSSR count). The highest BCUT2D eigenvalue weighted by Gasteiger charge is 2.34. The molecule has 7 nitrogen and oxygen atoms in total. The summed E-state index contributed by atoms with van der Waals surface area (Å²) < 4.78 is 39.2. The molecule has 1 atom stereocenters. The minimum absolute atomic E-state index is 0.00498. The quantitative estimate of drug-likeness (QED) is 0.655. The number of likely N-dealkylation sites (tertiary alicyclic amines) is 1. The van der Waals surface area contributed by atoms with E-state index in [1.165, 1.54) is 24.3 Å². The fraction of sp³-hybridized carbons (Fsp3) is 0.364. The van der Waals surface area contributed by atoms with E-state index < -0.39 is 12.5 Å². The van der Waals surface area contributed by atoms with Crippen molar-refractivity contribution in [1.29, 1.82) is 0 Å². The lowest BCUT2D eigenvalue weighted by molar-refractivity contribution is -0.128. The van der Waals surface area contributed by atoms with Crippen LogP contribution in [-0.4, -0.2) is 50.6 Å². The van der Waals surface area contributed by atoms with Crippen LogP contribution in [0.1, 0.15) is 12.0 Å². The van der Waals surface area contributed by atoms with Crippen molar-refractivity contribution in [2.24, 2.45) is 5.92 Å². The van der Waals surface area contributed by atoms with Gasteiger partial charge in [0.25, 0.3) is 0 Å². The van der Waals surface area contributed by atoms with Gasteiger partial charge in [-0.3, -0.25) is 9.59 Å². The molecule has 31 heavy (non-hydrogen) atoms. The van der Waals surface area contributed by atoms with Gasteiger partial charge in [0.05, 0.1) is 20.1 Å². The average Bonchev–Trinajstić information content (AvgIpc) is 3.13. The molecule has 0 saturated carbocycles. The van der Waals surface area contributed by atoms with Crippen LogP contribution in [-0.2, 0) is 16.0 Å². The van der Waals surface area contributed by atoms with Gasteiger partial charge in [-0.25, -0.2) is 0 Å². The maximum absolute atomic E-state index is 12.5. The first-order valence-electron chi connectivity index (χ1n) is 9.74. The number of anilines is 1. The number of rotatable bonds is 9. The lowest BCUT2D eigenvalue weighted by atomic mass is 10.1. The molecular formula is C22H24F2N2O5. The Morgan fingerprint density at radius 3 is 2.48 bits per heavy atom. The van der Waals surface area contributed by atoms with Crippen molar-refractivity contribution >= 4 is 17.5 Å². The number of carbonyl (C=O) groups is 2. The topological polar surface area (TPSA) is 77.1 Å². The molecule has 1 aliphatic rings. The van der Waals surface area contributed by atoms with Gasteiger partial charge in [0.15, 0.2) is 11.5 Å². The van der Waals surface area contributed by atoms with E-state index in [1.54, 1.807) is 19.1 Å². The number of hydrogen-bond donors (Lipinski definition) is 1. The molecule has 0 bridgehead atoms. The van der Waals surface area contributed by atoms with Crippen molar-refractivity contribution in [3.8, 4) is 17.2 Å². The van der Waals surface area contributed by atoms with E-state index in [9.17, 15) is 18.4 Å². The van der Waals surface area contributed by atoms with Gasteiger partial charge >= 0.3 is 6.61 Å². The zero-order valence-corrected chi connectivity index (χ0v) is 17.3. The van der Waals surface area contributed by atoms with Crippen molar-refractivity contribution < 1.29 is 32.6 Å². The van der Waals surface area contributed by atoms with Crippen LogP contribution in [0.25, 0.3) is 0 Å². The summed E-state index contributed by atoms with van der Waals surface area (Å²) in [7, 11) is 3.13. The van der Waals surface area contributed by atoms with Crippen molar-refractivity contribution in [3.05, 3.63) is 48.0 Å². The Bertz CT molecular complexity index is 921. The van der Waals surface area contributed by atoms with Crippen LogP contribution in [0.3, 0.4) is 0 Å². The molecule has 1 N–H and O–H groups in total. The molecule has 1 aliphatic heterocycles. The van der Waals surface area contributed by atoms with Gasteiger partial charge in [-0.1, -0.05) is 6.07 Å². The Morgan fingerprint density at radius 2 is 1.84 bits per heavy atom. The SMILES string of the molecule is COc1ccc(CCN2CC(C(=O)Nc3ccc(OC(F)F)cc3)CC2=O)cc1OC. The first-order chi connectivity index (χ1) is 14.9. The smallest absolute Gasteiger partial charge is 0.387 e. The maximum atomic E-state index is 12.5. The van der Waals surface area contributed by atoms with Crippen molar-refractivity contribution in [1.82, 2.24) is 4.90 Å². The van der Waals surface area contributed by atoms with Crippen LogP contribution in [0.15, 0.2) is 42.5 Å². The molecule has 0 spiro atoms. The monoisotopic (exact) mass is 434 g/mol. The molecule has 0 aliphatic carbocycles. The fourth-order valence-electron chi connectivity index (χ4n) is 3.43. The van der Waals surface area contributed by atoms with Crippen molar-refractivity contribution in [2.75, 3.05) is 32.6 Å². The first-order valence-corrected chi connectivity index (χ1v) is 9.74. The summed E-state index contributed by atoms with van der Waals surface area (Å²) in [6.45, 7) is -2.10. The predicted molar refractivity (Wildman–Crippen MR) is 110 cm³/mol. The molecule has 1 saturated heterocycles. The van der Waals surface area contributed by atoms with Crippen LogP contribution in [0.4, 0.5) is 14.5 Å². The highest BCUT2D eigenvalue weighted by Crippen LogP contribution is 2.28. The third kappa shape index (κ3) is 5.84. The Kier molecular flexibility index (Phi) is 7.28. The second-order valence-electron chi connectivity index (χ2n) is 7.07. The molecule has 2 amide bonds. The molecule has 1 heterocycles. The summed E-state index contributed by atoms with van der Waals surface area (Å²) in [5, 5.41) is 2.72. The predicted octanol–water partition coefficient (Wildman–Crippen LogP) is 3.33. The van der Waals surface area contributed by atoms with E-state index in [4.69, 9.17) is 9.47 Å². The maximum Gasteiger partial charge on any atom is 0.387 e. The van der Waals surface area contributed by atoms with E-state index in [2.05, 4.69) is 10.1 Å². The van der Waals surface area contributed by atoms with Gasteiger partial charge in [0.2, 0.25) is 11.8 Å². The molecular weight excluding hydrogens is 410 g/mol. The van der Waals surface area contributed by atoms with Gasteiger partial charge < -0.3 is 24.4 Å². The Labute approximate surface area is 178 Å². The van der Waals surface area contributed by atoms with E-state index in [1.807, 2.05) is 18.2 Å². The second-order valence-corrected chi connectivity index (χ2v) is 7.07. The Balaban J connectivity index is 1.53. The summed E-state index contributed by atoms with van der Waals surface area (Å²) in [5.41, 5.74) is 1.44. The number of alkyl halides is 2. The molecule has 2 aromatic rings. The van der Waals surface area contributed by atoms with Gasteiger partial charge in [-0.05, 0) is 48.4 Å². The number of benzene rings is 2. The molecule has 9 heteroatoms. The van der Waals surface area contributed by atoms with Crippen LogP contribution < -0.4 is 19.5 Å². The van der Waals surface area contributed by atoms with E-state index in [0.717, 1.165) is 5.56 Å². The number of ether oxygens (including phenoxy) is 3. The number of amides is 2. The summed E-state index contributed by atoms with van der Waals surface area (Å²) in [6.07, 6.45) is 0.746. The fourth-order valence-corrected chi connectivity index (χ4v) is 3.43. The molecule has 166 valence electrons. The minimum Gasteiger partial charge on any atom is -0.493 e. The van der Waals surface area contributed by atoms with Crippen molar-refractivity contribution in [2.45, 2.75) is 19.5 Å². The number of halogens is 2. The molecule has 2 aromatic carbocycles. The molecule has 1 unspecified atom stereocenters. The summed E-state index contributed by atoms with van der Waals surface area (Å²) in [5.74, 6) is 0.412. The zero-order chi connectivity index (χ0) is 22.4. The summed E-state index contributed by atoms with van der Waals surface area (Å²) in [4.78, 5) is 26.5. The lowest BCUT2D eigenvalue weighted by Gasteiger charge is -2.17. The standard InChI is InChI=1S/C22H24F2N2O5/c1-29-18-8-3-14(11-19(18)30-2)9-10-26-13-15(12-20(26)27)21(28)25-16-4-6-17(7-5-16)31-22(23)24/h3-8,11,15,22H,9-10,12-13H2,1-2H3,(H,25,28). The van der Waals surface area contributed by atoms with Gasteiger partial charge in [-0.15, -0.1) is 0 Å². The van der Waals surface area contributed by atoms with Crippen molar-refractivity contribution in [3.63, 3.8) is 0 Å². The van der Waals surface area contributed by atoms with Crippen LogP contribution in [0.5, 0.6) is 17.2 Å². The number of hydrogen-bond acceptors (Lipinski definition) is 5. The van der Waals surface area contributed by atoms with E-state index in [-0.39, 0.29) is 24.0 Å². The van der Waals surface area contributed by atoms with Crippen LogP contribution in [0, 0.1) is 5.92 Å². The zero-order valence-electron chi connectivity index (χ0n) is 17.3. The van der Waals surface area contributed by atoms with Crippen LogP contribution >= 0.6 is 0 Å². The molecule has 0 radical (unpaired) electrons. The number of nitrogens with zero attached hydrogens (tertiary/aromatic N) is 1. The number of carbonyl (C=O) groups excluding carboxylic acids is 2. The third-order valence-electron chi connectivity index (χ3n) is 5.05.